The summed E-state index contributed by atoms with van der Waals surface area (Å²) in [6, 6.07) is 19.2. The third-order valence-electron chi connectivity index (χ3n) is 3.87. The molecule has 1 atom stereocenters. The number of rotatable bonds is 10. The molecule has 0 heterocycles. The molecule has 0 radical (unpaired) electrons. The quantitative estimate of drug-likeness (QED) is 0.513. The smallest absolute Gasteiger partial charge is 0.244 e. The lowest BCUT2D eigenvalue weighted by Gasteiger charge is -2.13. The van der Waals surface area contributed by atoms with Crippen LogP contribution in [0.15, 0.2) is 60.7 Å². The summed E-state index contributed by atoms with van der Waals surface area (Å²) in [6.45, 7) is 3.19. The molecule has 0 aliphatic heterocycles. The molecule has 0 fully saturated rings. The second-order valence-corrected chi connectivity index (χ2v) is 5.92. The van der Waals surface area contributed by atoms with Crippen LogP contribution < -0.4 is 10.1 Å². The normalized spacial score (nSPS) is 11.7. The van der Waals surface area contributed by atoms with Gasteiger partial charge in [0.2, 0.25) is 5.91 Å². The molecule has 1 unspecified atom stereocenters. The van der Waals surface area contributed by atoms with E-state index in [9.17, 15) is 4.79 Å². The molecule has 1 N–H and O–H groups in total. The maximum absolute atomic E-state index is 11.8. The van der Waals surface area contributed by atoms with Crippen molar-refractivity contribution in [1.29, 1.82) is 5.26 Å². The molecule has 2 aromatic carbocycles. The molecule has 0 bridgehead atoms. The van der Waals surface area contributed by atoms with Gasteiger partial charge < -0.3 is 14.8 Å². The fourth-order valence-corrected chi connectivity index (χ4v) is 2.39. The Morgan fingerprint density at radius 2 is 1.93 bits per heavy atom. The van der Waals surface area contributed by atoms with Gasteiger partial charge in [-0.2, -0.15) is 5.26 Å². The topological polar surface area (TPSA) is 71.3 Å². The number of ether oxygens (including phenoxy) is 2. The zero-order valence-corrected chi connectivity index (χ0v) is 15.4. The summed E-state index contributed by atoms with van der Waals surface area (Å²) >= 11 is 0. The van der Waals surface area contributed by atoms with Crippen molar-refractivity contribution in [1.82, 2.24) is 5.32 Å². The summed E-state index contributed by atoms with van der Waals surface area (Å²) in [4.78, 5) is 11.8. The average molecular weight is 364 g/mol. The molecule has 0 spiro atoms. The molecular weight excluding hydrogens is 340 g/mol. The second-order valence-electron chi connectivity index (χ2n) is 5.92. The molecule has 0 aliphatic carbocycles. The van der Waals surface area contributed by atoms with Crippen LogP contribution in [-0.4, -0.2) is 25.7 Å². The molecule has 0 aliphatic rings. The van der Waals surface area contributed by atoms with Crippen LogP contribution in [0.2, 0.25) is 0 Å². The van der Waals surface area contributed by atoms with Crippen molar-refractivity contribution in [3.8, 4) is 11.8 Å². The highest BCUT2D eigenvalue weighted by atomic mass is 16.5. The van der Waals surface area contributed by atoms with Crippen molar-refractivity contribution >= 4 is 12.0 Å². The highest BCUT2D eigenvalue weighted by Crippen LogP contribution is 2.15. The summed E-state index contributed by atoms with van der Waals surface area (Å²) < 4.78 is 11.0. The maximum atomic E-state index is 11.8. The zero-order valence-electron chi connectivity index (χ0n) is 15.4. The van der Waals surface area contributed by atoms with Gasteiger partial charge in [-0.15, -0.1) is 0 Å². The maximum Gasteiger partial charge on any atom is 0.244 e. The average Bonchev–Trinajstić information content (AvgIpc) is 2.71. The van der Waals surface area contributed by atoms with Gasteiger partial charge in [-0.25, -0.2) is 0 Å². The van der Waals surface area contributed by atoms with Crippen LogP contribution in [0.4, 0.5) is 0 Å². The van der Waals surface area contributed by atoms with Crippen LogP contribution in [-0.2, 0) is 9.53 Å². The van der Waals surface area contributed by atoms with E-state index < -0.39 is 0 Å². The van der Waals surface area contributed by atoms with Gasteiger partial charge in [0.15, 0.2) is 6.61 Å². The monoisotopic (exact) mass is 364 g/mol. The van der Waals surface area contributed by atoms with Gasteiger partial charge in [0.05, 0.1) is 6.10 Å². The summed E-state index contributed by atoms with van der Waals surface area (Å²) in [5.41, 5.74) is 2.03. The lowest BCUT2D eigenvalue weighted by Crippen LogP contribution is -2.23. The lowest BCUT2D eigenvalue weighted by atomic mass is 10.1. The molecule has 27 heavy (non-hydrogen) atoms. The van der Waals surface area contributed by atoms with Crippen molar-refractivity contribution in [3.63, 3.8) is 0 Å². The molecule has 1 amide bonds. The van der Waals surface area contributed by atoms with Crippen LogP contribution in [0.1, 0.15) is 30.6 Å². The fraction of sp³-hybridized carbons (Fsp3) is 0.273. The Labute approximate surface area is 160 Å². The Kier molecular flexibility index (Phi) is 8.61. The molecular formula is C22H24N2O3. The lowest BCUT2D eigenvalue weighted by molar-refractivity contribution is -0.116. The molecule has 2 aromatic rings. The molecule has 2 rings (SSSR count). The van der Waals surface area contributed by atoms with Gasteiger partial charge >= 0.3 is 0 Å². The van der Waals surface area contributed by atoms with Crippen molar-refractivity contribution in [2.75, 3.05) is 19.8 Å². The zero-order chi connectivity index (χ0) is 19.3. The molecule has 0 saturated heterocycles. The predicted octanol–water partition coefficient (Wildman–Crippen LogP) is 3.89. The Hall–Kier alpha value is -3.10. The third kappa shape index (κ3) is 7.76. The van der Waals surface area contributed by atoms with E-state index in [1.807, 2.05) is 55.5 Å². The number of carbonyl (C=O) groups excluding carboxylic acids is 1. The molecule has 0 saturated carbocycles. The van der Waals surface area contributed by atoms with E-state index in [0.717, 1.165) is 17.5 Å². The van der Waals surface area contributed by atoms with Crippen LogP contribution in [0.5, 0.6) is 5.75 Å². The van der Waals surface area contributed by atoms with Gasteiger partial charge in [0.1, 0.15) is 11.8 Å². The van der Waals surface area contributed by atoms with E-state index in [4.69, 9.17) is 14.7 Å². The molecule has 5 heteroatoms. The van der Waals surface area contributed by atoms with Crippen LogP contribution in [0.25, 0.3) is 6.08 Å². The number of nitrogens with one attached hydrogen (secondary N) is 1. The number of nitriles is 1. The van der Waals surface area contributed by atoms with Gasteiger partial charge in [0, 0.05) is 19.2 Å². The highest BCUT2D eigenvalue weighted by molar-refractivity contribution is 5.91. The molecule has 140 valence electrons. The number of hydrogen-bond donors (Lipinski definition) is 1. The molecule has 0 aromatic heterocycles. The van der Waals surface area contributed by atoms with Crippen molar-refractivity contribution < 1.29 is 14.3 Å². The second kappa shape index (κ2) is 11.5. The van der Waals surface area contributed by atoms with Crippen LogP contribution in [0, 0.1) is 11.3 Å². The SMILES string of the molecule is CC(OCCCNC(=O)/C=C/c1ccc(OCC#N)cc1)c1ccccc1. The van der Waals surface area contributed by atoms with Gasteiger partial charge in [0.25, 0.3) is 0 Å². The van der Waals surface area contributed by atoms with Crippen molar-refractivity contribution in [3.05, 3.63) is 71.8 Å². The van der Waals surface area contributed by atoms with Gasteiger partial charge in [-0.05, 0) is 42.7 Å². The largest absolute Gasteiger partial charge is 0.479 e. The number of benzene rings is 2. The first-order chi connectivity index (χ1) is 13.2. The highest BCUT2D eigenvalue weighted by Gasteiger charge is 2.04. The van der Waals surface area contributed by atoms with E-state index in [1.165, 1.54) is 6.08 Å². The summed E-state index contributed by atoms with van der Waals surface area (Å²) in [7, 11) is 0. The first-order valence-electron chi connectivity index (χ1n) is 8.91. The number of amides is 1. The summed E-state index contributed by atoms with van der Waals surface area (Å²) in [6.07, 6.45) is 4.03. The number of hydrogen-bond acceptors (Lipinski definition) is 4. The third-order valence-corrected chi connectivity index (χ3v) is 3.87. The Balaban J connectivity index is 1.63. The standard InChI is InChI=1S/C22H24N2O3/c1-18(20-6-3-2-4-7-20)26-16-5-15-24-22(25)13-10-19-8-11-21(12-9-19)27-17-14-23/h2-4,6-13,18H,5,15-17H2,1H3,(H,24,25)/b13-10+. The van der Waals surface area contributed by atoms with E-state index in [2.05, 4.69) is 5.32 Å². The minimum absolute atomic E-state index is 0.0193. The Morgan fingerprint density at radius 1 is 1.19 bits per heavy atom. The Morgan fingerprint density at radius 3 is 2.63 bits per heavy atom. The Bertz CT molecular complexity index is 764. The first-order valence-corrected chi connectivity index (χ1v) is 8.91. The van der Waals surface area contributed by atoms with E-state index >= 15 is 0 Å². The first kappa shape index (κ1) is 20.2. The van der Waals surface area contributed by atoms with E-state index in [0.29, 0.717) is 18.9 Å². The van der Waals surface area contributed by atoms with Crippen molar-refractivity contribution in [2.45, 2.75) is 19.4 Å². The van der Waals surface area contributed by atoms with E-state index in [-0.39, 0.29) is 18.6 Å². The molecule has 5 nitrogen and oxygen atoms in total. The van der Waals surface area contributed by atoms with Crippen molar-refractivity contribution in [2.24, 2.45) is 0 Å². The van der Waals surface area contributed by atoms with Crippen LogP contribution in [0.3, 0.4) is 0 Å². The van der Waals surface area contributed by atoms with Gasteiger partial charge in [-0.3, -0.25) is 4.79 Å². The fourth-order valence-electron chi connectivity index (χ4n) is 2.39. The summed E-state index contributed by atoms with van der Waals surface area (Å²) in [5, 5.41) is 11.3. The number of carbonyl (C=O) groups is 1. The predicted molar refractivity (Wildman–Crippen MR) is 105 cm³/mol. The minimum atomic E-state index is -0.143. The summed E-state index contributed by atoms with van der Waals surface area (Å²) in [5.74, 6) is 0.485. The minimum Gasteiger partial charge on any atom is -0.479 e. The van der Waals surface area contributed by atoms with Gasteiger partial charge in [-0.1, -0.05) is 42.5 Å². The van der Waals surface area contributed by atoms with Crippen LogP contribution >= 0.6 is 0 Å². The van der Waals surface area contributed by atoms with E-state index in [1.54, 1.807) is 18.2 Å². The number of nitrogens with zero attached hydrogens (tertiary/aromatic N) is 1.